The van der Waals surface area contributed by atoms with Crippen LogP contribution in [0, 0.1) is 5.41 Å². The number of carbonyl (C=O) groups excluding carboxylic acids is 2. The quantitative estimate of drug-likeness (QED) is 0.775. The summed E-state index contributed by atoms with van der Waals surface area (Å²) >= 11 is 0. The average molecular weight is 348 g/mol. The van der Waals surface area contributed by atoms with Gasteiger partial charge < -0.3 is 14.2 Å². The molecule has 2 fully saturated rings. The Kier molecular flexibility index (Phi) is 2.15. The molecule has 1 saturated carbocycles. The second-order valence-corrected chi connectivity index (χ2v) is 7.45. The van der Waals surface area contributed by atoms with Crippen LogP contribution in [0.3, 0.4) is 0 Å². The summed E-state index contributed by atoms with van der Waals surface area (Å²) in [6.07, 6.45) is 0. The van der Waals surface area contributed by atoms with E-state index in [4.69, 9.17) is 14.2 Å². The molecular weight excluding hydrogens is 332 g/mol. The zero-order valence-corrected chi connectivity index (χ0v) is 14.4. The van der Waals surface area contributed by atoms with Crippen LogP contribution in [0.2, 0.25) is 0 Å². The molecule has 1 heterocycles. The van der Waals surface area contributed by atoms with Crippen molar-refractivity contribution in [3.05, 3.63) is 70.8 Å². The lowest BCUT2D eigenvalue weighted by Gasteiger charge is -2.35. The molecule has 4 atom stereocenters. The van der Waals surface area contributed by atoms with Crippen LogP contribution in [0.1, 0.15) is 22.3 Å². The fraction of sp³-hybridized carbons (Fsp3) is 0.333. The van der Waals surface area contributed by atoms with Crippen molar-refractivity contribution in [2.45, 2.75) is 16.4 Å². The molecule has 5 heteroatoms. The fourth-order valence-electron chi connectivity index (χ4n) is 6.87. The van der Waals surface area contributed by atoms with Gasteiger partial charge in [0.1, 0.15) is 23.0 Å². The monoisotopic (exact) mass is 348 g/mol. The normalized spacial score (nSPS) is 39.5. The molecule has 0 aromatic heterocycles. The highest BCUT2D eigenvalue weighted by molar-refractivity contribution is 6.13. The number of ether oxygens (including phenoxy) is 3. The molecule has 2 spiro atoms. The maximum Gasteiger partial charge on any atom is 0.319 e. The molecule has 5 nitrogen and oxygen atoms in total. The minimum Gasteiger partial charge on any atom is -0.468 e. The van der Waals surface area contributed by atoms with E-state index in [0.717, 1.165) is 22.3 Å². The molecule has 1 saturated heterocycles. The molecule has 130 valence electrons. The Balaban J connectivity index is 1.89. The number of fused-ring (bicyclic) bond motifs is 4. The lowest BCUT2D eigenvalue weighted by molar-refractivity contribution is -0.169. The summed E-state index contributed by atoms with van der Waals surface area (Å²) in [5.74, 6) is -0.771. The van der Waals surface area contributed by atoms with Crippen LogP contribution in [0.5, 0.6) is 0 Å². The summed E-state index contributed by atoms with van der Waals surface area (Å²) in [6.45, 7) is 0.164. The molecule has 0 radical (unpaired) electrons. The molecule has 0 amide bonds. The molecule has 1 aliphatic heterocycles. The maximum atomic E-state index is 13.4. The van der Waals surface area contributed by atoms with E-state index >= 15 is 0 Å². The highest BCUT2D eigenvalue weighted by Crippen LogP contribution is 2.95. The fourth-order valence-corrected chi connectivity index (χ4v) is 6.87. The first-order chi connectivity index (χ1) is 12.6. The zero-order valence-electron chi connectivity index (χ0n) is 14.4. The number of benzene rings is 2. The molecule has 26 heavy (non-hydrogen) atoms. The first-order valence-corrected chi connectivity index (χ1v) is 8.63. The van der Waals surface area contributed by atoms with Gasteiger partial charge >= 0.3 is 11.9 Å². The third kappa shape index (κ3) is 0.877. The SMILES string of the molecule is COC(=O)[C@@]12[C@@]3(OC)c4ccccc4[C@]14COC(=O)[C@]42c1ccccc13. The van der Waals surface area contributed by atoms with Crippen LogP contribution < -0.4 is 0 Å². The number of hydrogen-bond donors (Lipinski definition) is 0. The Morgan fingerprint density at radius 3 is 2.15 bits per heavy atom. The third-order valence-corrected chi connectivity index (χ3v) is 7.31. The van der Waals surface area contributed by atoms with Gasteiger partial charge in [0.05, 0.1) is 12.5 Å². The Bertz CT molecular complexity index is 1040. The van der Waals surface area contributed by atoms with Gasteiger partial charge in [0.2, 0.25) is 0 Å². The summed E-state index contributed by atoms with van der Waals surface area (Å²) in [5, 5.41) is 0. The van der Waals surface area contributed by atoms with E-state index in [9.17, 15) is 9.59 Å². The van der Waals surface area contributed by atoms with Gasteiger partial charge in [-0.2, -0.15) is 0 Å². The third-order valence-electron chi connectivity index (χ3n) is 7.31. The summed E-state index contributed by atoms with van der Waals surface area (Å²) in [4.78, 5) is 26.6. The predicted octanol–water partition coefficient (Wildman–Crippen LogP) is 1.81. The van der Waals surface area contributed by atoms with Crippen molar-refractivity contribution in [3.63, 3.8) is 0 Å². The highest BCUT2D eigenvalue weighted by atomic mass is 16.6. The maximum absolute atomic E-state index is 13.4. The van der Waals surface area contributed by atoms with Gasteiger partial charge in [-0.3, -0.25) is 9.59 Å². The number of rotatable bonds is 2. The van der Waals surface area contributed by atoms with Crippen molar-refractivity contribution in [2.24, 2.45) is 5.41 Å². The van der Waals surface area contributed by atoms with E-state index in [1.165, 1.54) is 7.11 Å². The Labute approximate surface area is 149 Å². The van der Waals surface area contributed by atoms with Gasteiger partial charge in [-0.15, -0.1) is 0 Å². The standard InChI is InChI=1S/C21H16O5/c1-24-17(23)21-18-11-26-16(22)19(18,21)13-8-4-6-10-15(13)20(21,25-2)14-9-5-3-7-12(14)18/h3-10H,11H2,1-2H3/t18-,19+,20+,21+/m0/s1. The molecule has 0 unspecified atom stereocenters. The van der Waals surface area contributed by atoms with Crippen molar-refractivity contribution in [1.29, 1.82) is 0 Å². The molecule has 4 aliphatic rings. The van der Waals surface area contributed by atoms with E-state index in [1.54, 1.807) is 7.11 Å². The Morgan fingerprint density at radius 2 is 1.54 bits per heavy atom. The van der Waals surface area contributed by atoms with Crippen LogP contribution in [0.25, 0.3) is 0 Å². The van der Waals surface area contributed by atoms with Crippen molar-refractivity contribution < 1.29 is 23.8 Å². The van der Waals surface area contributed by atoms with Crippen molar-refractivity contribution in [2.75, 3.05) is 20.8 Å². The molecule has 3 aliphatic carbocycles. The first kappa shape index (κ1) is 14.5. The van der Waals surface area contributed by atoms with E-state index < -0.39 is 27.8 Å². The van der Waals surface area contributed by atoms with Crippen molar-refractivity contribution >= 4 is 11.9 Å². The van der Waals surface area contributed by atoms with Gasteiger partial charge in [-0.25, -0.2) is 0 Å². The smallest absolute Gasteiger partial charge is 0.319 e. The number of hydrogen-bond acceptors (Lipinski definition) is 5. The number of cyclic esters (lactones) is 1. The Hall–Kier alpha value is -2.66. The molecule has 6 rings (SSSR count). The predicted molar refractivity (Wildman–Crippen MR) is 89.4 cm³/mol. The van der Waals surface area contributed by atoms with E-state index in [0.29, 0.717) is 0 Å². The average Bonchev–Trinajstić information content (AvgIpc) is 2.88. The summed E-state index contributed by atoms with van der Waals surface area (Å²) in [6, 6.07) is 15.5. The van der Waals surface area contributed by atoms with Gasteiger partial charge in [0.15, 0.2) is 0 Å². The zero-order chi connectivity index (χ0) is 17.9. The second-order valence-electron chi connectivity index (χ2n) is 7.45. The Morgan fingerprint density at radius 1 is 0.962 bits per heavy atom. The van der Waals surface area contributed by atoms with E-state index in [-0.39, 0.29) is 12.6 Å². The first-order valence-electron chi connectivity index (χ1n) is 8.63. The number of carbonyl (C=O) groups is 2. The van der Waals surface area contributed by atoms with Crippen LogP contribution in [-0.4, -0.2) is 32.8 Å². The number of esters is 2. The summed E-state index contributed by atoms with van der Waals surface area (Å²) < 4.78 is 17.0. The minimum absolute atomic E-state index is 0.164. The number of methoxy groups -OCH3 is 2. The van der Waals surface area contributed by atoms with E-state index in [1.807, 2.05) is 48.5 Å². The van der Waals surface area contributed by atoms with Gasteiger partial charge in [0.25, 0.3) is 0 Å². The minimum atomic E-state index is -1.15. The van der Waals surface area contributed by atoms with Gasteiger partial charge in [-0.1, -0.05) is 48.5 Å². The molecule has 2 aromatic rings. The van der Waals surface area contributed by atoms with Gasteiger partial charge in [0, 0.05) is 7.11 Å². The molecule has 2 aromatic carbocycles. The van der Waals surface area contributed by atoms with E-state index in [2.05, 4.69) is 0 Å². The molecular formula is C21H16O5. The molecule has 0 bridgehead atoms. The largest absolute Gasteiger partial charge is 0.468 e. The summed E-state index contributed by atoms with van der Waals surface area (Å²) in [7, 11) is 2.98. The van der Waals surface area contributed by atoms with Crippen LogP contribution >= 0.6 is 0 Å². The lowest BCUT2D eigenvalue weighted by atomic mass is 9.77. The van der Waals surface area contributed by atoms with Crippen LogP contribution in [0.4, 0.5) is 0 Å². The topological polar surface area (TPSA) is 61.8 Å². The van der Waals surface area contributed by atoms with Crippen molar-refractivity contribution in [3.8, 4) is 0 Å². The van der Waals surface area contributed by atoms with Crippen LogP contribution in [-0.2, 0) is 40.2 Å². The summed E-state index contributed by atoms with van der Waals surface area (Å²) in [5.41, 5.74) is -0.496. The van der Waals surface area contributed by atoms with Crippen LogP contribution in [0.15, 0.2) is 48.5 Å². The van der Waals surface area contributed by atoms with Gasteiger partial charge in [-0.05, 0) is 22.3 Å². The second kappa shape index (κ2) is 3.86. The molecule has 0 N–H and O–H groups in total. The highest BCUT2D eigenvalue weighted by Gasteiger charge is 3.09. The lowest BCUT2D eigenvalue weighted by Crippen LogP contribution is -2.46. The van der Waals surface area contributed by atoms with Crippen molar-refractivity contribution in [1.82, 2.24) is 0 Å².